The Morgan fingerprint density at radius 2 is 1.67 bits per heavy atom. The van der Waals surface area contributed by atoms with Crippen LogP contribution in [0.4, 0.5) is 18.9 Å². The Morgan fingerprint density at radius 1 is 0.970 bits per heavy atom. The van der Waals surface area contributed by atoms with E-state index in [1.165, 1.54) is 18.2 Å². The first-order chi connectivity index (χ1) is 15.7. The Kier molecular flexibility index (Phi) is 5.82. The van der Waals surface area contributed by atoms with Gasteiger partial charge in [-0.2, -0.15) is 13.2 Å². The van der Waals surface area contributed by atoms with Crippen molar-refractivity contribution in [1.82, 2.24) is 15.5 Å². The van der Waals surface area contributed by atoms with Gasteiger partial charge in [-0.3, -0.25) is 9.59 Å². The second-order valence-electron chi connectivity index (χ2n) is 7.17. The van der Waals surface area contributed by atoms with Crippen molar-refractivity contribution in [3.63, 3.8) is 0 Å². The predicted molar refractivity (Wildman–Crippen MR) is 115 cm³/mol. The van der Waals surface area contributed by atoms with Crippen LogP contribution >= 0.6 is 0 Å². The van der Waals surface area contributed by atoms with Crippen LogP contribution in [-0.2, 0) is 0 Å². The summed E-state index contributed by atoms with van der Waals surface area (Å²) in [5, 5.41) is 8.70. The van der Waals surface area contributed by atoms with Crippen LogP contribution in [0.15, 0.2) is 65.2 Å². The molecule has 0 bridgehead atoms. The molecule has 10 heteroatoms. The third-order valence-electron chi connectivity index (χ3n) is 4.80. The number of hydrogen-bond donors (Lipinski definition) is 2. The maximum absolute atomic E-state index is 13.2. The van der Waals surface area contributed by atoms with Crippen LogP contribution in [0.25, 0.3) is 22.4 Å². The first-order valence-electron chi connectivity index (χ1n) is 9.81. The fourth-order valence-electron chi connectivity index (χ4n) is 3.29. The lowest BCUT2D eigenvalue weighted by Crippen LogP contribution is -2.34. The zero-order valence-electron chi connectivity index (χ0n) is 17.2. The number of halogens is 3. The smallest absolute Gasteiger partial charge is 0.343 e. The van der Waals surface area contributed by atoms with Crippen molar-refractivity contribution in [2.75, 3.05) is 11.9 Å². The van der Waals surface area contributed by atoms with Crippen LogP contribution in [-0.4, -0.2) is 34.7 Å². The number of aromatic nitrogens is 2. The third-order valence-corrected chi connectivity index (χ3v) is 4.80. The Hall–Kier alpha value is -4.21. The van der Waals surface area contributed by atoms with Gasteiger partial charge < -0.3 is 15.2 Å². The summed E-state index contributed by atoms with van der Waals surface area (Å²) in [5.41, 5.74) is 1.97. The molecule has 4 rings (SSSR count). The van der Waals surface area contributed by atoms with Gasteiger partial charge in [0.25, 0.3) is 17.5 Å². The summed E-state index contributed by atoms with van der Waals surface area (Å²) in [4.78, 5) is 30.0. The third kappa shape index (κ3) is 4.84. The van der Waals surface area contributed by atoms with Gasteiger partial charge in [0.1, 0.15) is 6.54 Å². The quantitative estimate of drug-likeness (QED) is 0.454. The lowest BCUT2D eigenvalue weighted by molar-refractivity contribution is -0.123. The van der Waals surface area contributed by atoms with Crippen molar-refractivity contribution in [3.05, 3.63) is 77.5 Å². The first-order valence-corrected chi connectivity index (χ1v) is 9.81. The number of nitrogens with zero attached hydrogens (tertiary/aromatic N) is 2. The zero-order chi connectivity index (χ0) is 23.6. The predicted octanol–water partition coefficient (Wildman–Crippen LogP) is 4.74. The maximum atomic E-state index is 13.2. The molecule has 0 saturated carbocycles. The minimum absolute atomic E-state index is 0.0579. The number of carbonyl (C=O) groups excluding carboxylic acids is 2. The molecule has 4 aromatic rings. The van der Waals surface area contributed by atoms with Crippen LogP contribution in [0.3, 0.4) is 0 Å². The summed E-state index contributed by atoms with van der Waals surface area (Å²) >= 11 is 0. The van der Waals surface area contributed by atoms with Crippen molar-refractivity contribution in [3.8, 4) is 11.3 Å². The van der Waals surface area contributed by atoms with E-state index < -0.39 is 24.5 Å². The molecule has 2 amide bonds. The van der Waals surface area contributed by atoms with Crippen LogP contribution in [0.5, 0.6) is 0 Å². The highest BCUT2D eigenvalue weighted by atomic mass is 19.4. The molecule has 0 spiro atoms. The number of para-hydroxylation sites is 1. The largest absolute Gasteiger partial charge is 0.405 e. The van der Waals surface area contributed by atoms with E-state index in [4.69, 9.17) is 4.52 Å². The summed E-state index contributed by atoms with van der Waals surface area (Å²) in [6.07, 6.45) is -4.56. The highest BCUT2D eigenvalue weighted by molar-refractivity contribution is 6.15. The minimum Gasteiger partial charge on any atom is -0.343 e. The summed E-state index contributed by atoms with van der Waals surface area (Å²) in [7, 11) is 0. The van der Waals surface area contributed by atoms with E-state index >= 15 is 0 Å². The van der Waals surface area contributed by atoms with Gasteiger partial charge in [0.15, 0.2) is 0 Å². The van der Waals surface area contributed by atoms with Crippen molar-refractivity contribution >= 4 is 28.6 Å². The fourth-order valence-corrected chi connectivity index (χ4v) is 3.29. The Morgan fingerprint density at radius 3 is 2.39 bits per heavy atom. The molecule has 168 valence electrons. The van der Waals surface area contributed by atoms with Crippen LogP contribution in [0, 0.1) is 6.92 Å². The van der Waals surface area contributed by atoms with Crippen molar-refractivity contribution in [2.45, 2.75) is 13.1 Å². The number of benzene rings is 2. The molecule has 0 atom stereocenters. The number of alkyl halides is 3. The molecule has 0 radical (unpaired) electrons. The molecule has 2 aromatic carbocycles. The number of fused-ring (bicyclic) bond motifs is 1. The molecule has 0 aliphatic heterocycles. The lowest BCUT2D eigenvalue weighted by Gasteiger charge is -2.13. The molecular weight excluding hydrogens is 437 g/mol. The number of carbonyl (C=O) groups is 2. The molecule has 0 aliphatic rings. The van der Waals surface area contributed by atoms with E-state index in [0.717, 1.165) is 5.56 Å². The number of amides is 2. The van der Waals surface area contributed by atoms with Crippen molar-refractivity contribution in [1.29, 1.82) is 0 Å². The Labute approximate surface area is 185 Å². The Balaban J connectivity index is 1.69. The highest BCUT2D eigenvalue weighted by Crippen LogP contribution is 2.28. The van der Waals surface area contributed by atoms with E-state index in [1.807, 2.05) is 35.6 Å². The summed E-state index contributed by atoms with van der Waals surface area (Å²) < 4.78 is 42.7. The number of pyridine rings is 1. The minimum atomic E-state index is -4.56. The number of aryl methyl sites for hydroxylation is 1. The van der Waals surface area contributed by atoms with Gasteiger partial charge in [-0.05, 0) is 25.1 Å². The molecule has 7 nitrogen and oxygen atoms in total. The highest BCUT2D eigenvalue weighted by Gasteiger charge is 2.28. The second kappa shape index (κ2) is 8.73. The SMILES string of the molecule is Cc1noc2nc(-c3ccccc3)cc(C(=O)Nc3ccccc3C(=O)NCC(F)(F)F)c12. The normalized spacial score (nSPS) is 11.4. The van der Waals surface area contributed by atoms with Crippen LogP contribution in [0.2, 0.25) is 0 Å². The topological polar surface area (TPSA) is 97.1 Å². The van der Waals surface area contributed by atoms with Gasteiger partial charge in [-0.25, -0.2) is 4.98 Å². The van der Waals surface area contributed by atoms with Gasteiger partial charge in [0.05, 0.1) is 33.6 Å². The van der Waals surface area contributed by atoms with Crippen LogP contribution < -0.4 is 10.6 Å². The molecule has 33 heavy (non-hydrogen) atoms. The molecule has 0 saturated heterocycles. The molecular formula is C23H17F3N4O3. The summed E-state index contributed by atoms with van der Waals surface area (Å²) in [6.45, 7) is 0.171. The van der Waals surface area contributed by atoms with E-state index in [1.54, 1.807) is 19.1 Å². The monoisotopic (exact) mass is 454 g/mol. The number of anilines is 1. The second-order valence-corrected chi connectivity index (χ2v) is 7.17. The van der Waals surface area contributed by atoms with Gasteiger partial charge in [0, 0.05) is 5.56 Å². The van der Waals surface area contributed by atoms with E-state index in [9.17, 15) is 22.8 Å². The lowest BCUT2D eigenvalue weighted by atomic mass is 10.0. The standard InChI is InChI=1S/C23H17F3N4O3/c1-13-19-16(11-18(29-22(19)33-30-13)14-7-3-2-4-8-14)21(32)28-17-10-6-5-9-15(17)20(31)27-12-23(24,25)26/h2-11H,12H2,1H3,(H,27,31)(H,28,32). The number of nitrogens with one attached hydrogen (secondary N) is 2. The maximum Gasteiger partial charge on any atom is 0.405 e. The van der Waals surface area contributed by atoms with Gasteiger partial charge in [-0.1, -0.05) is 47.6 Å². The molecule has 2 aromatic heterocycles. The van der Waals surface area contributed by atoms with Crippen LogP contribution in [0.1, 0.15) is 26.4 Å². The van der Waals surface area contributed by atoms with Crippen molar-refractivity contribution < 1.29 is 27.3 Å². The first kappa shape index (κ1) is 22.0. The van der Waals surface area contributed by atoms with E-state index in [0.29, 0.717) is 16.8 Å². The number of hydrogen-bond acceptors (Lipinski definition) is 5. The average molecular weight is 454 g/mol. The summed E-state index contributed by atoms with van der Waals surface area (Å²) in [5.74, 6) is -1.56. The summed E-state index contributed by atoms with van der Waals surface area (Å²) in [6, 6.07) is 16.5. The zero-order valence-corrected chi connectivity index (χ0v) is 17.2. The fraction of sp³-hybridized carbons (Fsp3) is 0.130. The van der Waals surface area contributed by atoms with E-state index in [2.05, 4.69) is 15.5 Å². The number of rotatable bonds is 5. The van der Waals surface area contributed by atoms with Crippen molar-refractivity contribution in [2.24, 2.45) is 0 Å². The molecule has 0 aliphatic carbocycles. The van der Waals surface area contributed by atoms with E-state index in [-0.39, 0.29) is 22.5 Å². The average Bonchev–Trinajstić information content (AvgIpc) is 3.18. The van der Waals surface area contributed by atoms with Gasteiger partial charge >= 0.3 is 6.18 Å². The Bertz CT molecular complexity index is 1330. The van der Waals surface area contributed by atoms with Gasteiger partial charge in [-0.15, -0.1) is 0 Å². The molecule has 0 unspecified atom stereocenters. The molecule has 2 heterocycles. The molecule has 2 N–H and O–H groups in total. The molecule has 0 fully saturated rings. The van der Waals surface area contributed by atoms with Gasteiger partial charge in [0.2, 0.25) is 0 Å².